The maximum absolute atomic E-state index is 12.5. The first-order valence-electron chi connectivity index (χ1n) is 8.17. The van der Waals surface area contributed by atoms with Crippen molar-refractivity contribution >= 4 is 40.7 Å². The second-order valence-corrected chi connectivity index (χ2v) is 6.47. The molecule has 0 radical (unpaired) electrons. The van der Waals surface area contributed by atoms with Gasteiger partial charge in [0.15, 0.2) is 0 Å². The maximum Gasteiger partial charge on any atom is 0.251 e. The van der Waals surface area contributed by atoms with Crippen molar-refractivity contribution < 1.29 is 14.4 Å². The molecule has 0 aliphatic carbocycles. The van der Waals surface area contributed by atoms with E-state index in [1.807, 2.05) is 0 Å². The normalized spacial score (nSPS) is 16.5. The first-order chi connectivity index (χ1) is 12.5. The molecule has 134 valence electrons. The second kappa shape index (κ2) is 7.58. The van der Waals surface area contributed by atoms with Crippen LogP contribution in [0, 0.1) is 5.92 Å². The zero-order valence-electron chi connectivity index (χ0n) is 14.2. The van der Waals surface area contributed by atoms with E-state index in [0.29, 0.717) is 28.5 Å². The number of hydrogen-bond acceptors (Lipinski definition) is 3. The first-order valence-corrected chi connectivity index (χ1v) is 8.54. The third-order valence-electron chi connectivity index (χ3n) is 4.24. The lowest BCUT2D eigenvalue weighted by Crippen LogP contribution is -2.28. The smallest absolute Gasteiger partial charge is 0.251 e. The van der Waals surface area contributed by atoms with Gasteiger partial charge in [-0.2, -0.15) is 0 Å². The molecule has 1 unspecified atom stereocenters. The average Bonchev–Trinajstić information content (AvgIpc) is 3.03. The summed E-state index contributed by atoms with van der Waals surface area (Å²) in [6.45, 7) is 0.292. The van der Waals surface area contributed by atoms with Gasteiger partial charge in [-0.3, -0.25) is 14.4 Å². The van der Waals surface area contributed by atoms with Gasteiger partial charge in [-0.05, 0) is 36.4 Å². The SMILES string of the molecule is CNC(=O)c1cccc(NC(=O)C2CC(=O)N(c3cccc(Cl)c3)C2)c1. The van der Waals surface area contributed by atoms with Crippen LogP contribution in [0.25, 0.3) is 0 Å². The largest absolute Gasteiger partial charge is 0.355 e. The van der Waals surface area contributed by atoms with Crippen LogP contribution < -0.4 is 15.5 Å². The number of nitrogens with zero attached hydrogens (tertiary/aromatic N) is 1. The van der Waals surface area contributed by atoms with E-state index >= 15 is 0 Å². The van der Waals surface area contributed by atoms with Gasteiger partial charge in [0.05, 0.1) is 5.92 Å². The van der Waals surface area contributed by atoms with Gasteiger partial charge in [0, 0.05) is 42.0 Å². The standard InChI is InChI=1S/C19H18ClN3O3/c1-21-18(25)12-4-2-6-15(8-12)22-19(26)13-9-17(24)23(11-13)16-7-3-5-14(20)10-16/h2-8,10,13H,9,11H2,1H3,(H,21,25)(H,22,26). The van der Waals surface area contributed by atoms with Crippen LogP contribution in [-0.2, 0) is 9.59 Å². The molecule has 1 aliphatic rings. The van der Waals surface area contributed by atoms with E-state index in [2.05, 4.69) is 10.6 Å². The Labute approximate surface area is 156 Å². The molecule has 1 atom stereocenters. The number of rotatable bonds is 4. The van der Waals surface area contributed by atoms with Crippen LogP contribution in [0.5, 0.6) is 0 Å². The number of anilines is 2. The minimum Gasteiger partial charge on any atom is -0.355 e. The fourth-order valence-corrected chi connectivity index (χ4v) is 3.09. The van der Waals surface area contributed by atoms with E-state index in [9.17, 15) is 14.4 Å². The summed E-state index contributed by atoms with van der Waals surface area (Å²) in [5, 5.41) is 5.86. The topological polar surface area (TPSA) is 78.5 Å². The summed E-state index contributed by atoms with van der Waals surface area (Å²) < 4.78 is 0. The number of carbonyl (C=O) groups excluding carboxylic acids is 3. The molecular formula is C19H18ClN3O3. The van der Waals surface area contributed by atoms with E-state index in [0.717, 1.165) is 0 Å². The fourth-order valence-electron chi connectivity index (χ4n) is 2.90. The van der Waals surface area contributed by atoms with E-state index in [-0.39, 0.29) is 24.1 Å². The molecule has 1 fully saturated rings. The van der Waals surface area contributed by atoms with Crippen molar-refractivity contribution in [3.8, 4) is 0 Å². The predicted octanol–water partition coefficient (Wildman–Crippen LogP) is 2.69. The number of amides is 3. The summed E-state index contributed by atoms with van der Waals surface area (Å²) in [6, 6.07) is 13.6. The Bertz CT molecular complexity index is 869. The average molecular weight is 372 g/mol. The molecule has 0 bridgehead atoms. The highest BCUT2D eigenvalue weighted by atomic mass is 35.5. The number of halogens is 1. The summed E-state index contributed by atoms with van der Waals surface area (Å²) in [5.74, 6) is -1.07. The van der Waals surface area contributed by atoms with Gasteiger partial charge in [0.25, 0.3) is 5.91 Å². The minimum absolute atomic E-state index is 0.119. The molecule has 3 amide bonds. The summed E-state index contributed by atoms with van der Waals surface area (Å²) >= 11 is 5.98. The molecule has 0 spiro atoms. The second-order valence-electron chi connectivity index (χ2n) is 6.03. The Hall–Kier alpha value is -2.86. The number of hydrogen-bond donors (Lipinski definition) is 2. The van der Waals surface area contributed by atoms with Crippen molar-refractivity contribution in [2.75, 3.05) is 23.8 Å². The van der Waals surface area contributed by atoms with Gasteiger partial charge in [-0.1, -0.05) is 23.7 Å². The zero-order valence-corrected chi connectivity index (χ0v) is 14.9. The van der Waals surface area contributed by atoms with Crippen molar-refractivity contribution in [2.24, 2.45) is 5.92 Å². The van der Waals surface area contributed by atoms with Gasteiger partial charge in [-0.15, -0.1) is 0 Å². The molecule has 1 heterocycles. The summed E-state index contributed by atoms with van der Waals surface area (Å²) in [7, 11) is 1.54. The summed E-state index contributed by atoms with van der Waals surface area (Å²) in [6.07, 6.45) is 0.132. The molecule has 7 heteroatoms. The minimum atomic E-state index is -0.467. The Morgan fingerprint density at radius 2 is 1.92 bits per heavy atom. The highest BCUT2D eigenvalue weighted by Gasteiger charge is 2.35. The summed E-state index contributed by atoms with van der Waals surface area (Å²) in [5.41, 5.74) is 1.65. The van der Waals surface area contributed by atoms with Crippen LogP contribution in [0.4, 0.5) is 11.4 Å². The molecular weight excluding hydrogens is 354 g/mol. The quantitative estimate of drug-likeness (QED) is 0.867. The Morgan fingerprint density at radius 1 is 1.15 bits per heavy atom. The molecule has 1 saturated heterocycles. The van der Waals surface area contributed by atoms with Crippen LogP contribution in [0.1, 0.15) is 16.8 Å². The maximum atomic E-state index is 12.5. The van der Waals surface area contributed by atoms with Gasteiger partial charge in [-0.25, -0.2) is 0 Å². The van der Waals surface area contributed by atoms with Crippen LogP contribution in [0.2, 0.25) is 5.02 Å². The first kappa shape index (κ1) is 17.9. The Morgan fingerprint density at radius 3 is 2.65 bits per heavy atom. The monoisotopic (exact) mass is 371 g/mol. The fraction of sp³-hybridized carbons (Fsp3) is 0.211. The highest BCUT2D eigenvalue weighted by Crippen LogP contribution is 2.28. The lowest BCUT2D eigenvalue weighted by atomic mass is 10.1. The molecule has 6 nitrogen and oxygen atoms in total. The van der Waals surface area contributed by atoms with E-state index in [1.165, 1.54) is 0 Å². The third kappa shape index (κ3) is 3.86. The van der Waals surface area contributed by atoms with Crippen molar-refractivity contribution in [2.45, 2.75) is 6.42 Å². The number of carbonyl (C=O) groups is 3. The van der Waals surface area contributed by atoms with E-state index < -0.39 is 5.92 Å². The lowest BCUT2D eigenvalue weighted by molar-refractivity contribution is -0.122. The Balaban J connectivity index is 1.70. The Kier molecular flexibility index (Phi) is 5.23. The number of benzene rings is 2. The van der Waals surface area contributed by atoms with Gasteiger partial charge in [0.1, 0.15) is 0 Å². The van der Waals surface area contributed by atoms with Crippen molar-refractivity contribution in [3.63, 3.8) is 0 Å². The zero-order chi connectivity index (χ0) is 18.7. The van der Waals surface area contributed by atoms with Gasteiger partial charge in [0.2, 0.25) is 11.8 Å². The van der Waals surface area contributed by atoms with E-state index in [4.69, 9.17) is 11.6 Å². The van der Waals surface area contributed by atoms with E-state index in [1.54, 1.807) is 60.5 Å². The molecule has 26 heavy (non-hydrogen) atoms. The lowest BCUT2D eigenvalue weighted by Gasteiger charge is -2.17. The van der Waals surface area contributed by atoms with Crippen LogP contribution in [-0.4, -0.2) is 31.3 Å². The molecule has 0 aromatic heterocycles. The highest BCUT2D eigenvalue weighted by molar-refractivity contribution is 6.31. The third-order valence-corrected chi connectivity index (χ3v) is 4.47. The van der Waals surface area contributed by atoms with Crippen molar-refractivity contribution in [3.05, 3.63) is 59.1 Å². The van der Waals surface area contributed by atoms with Crippen molar-refractivity contribution in [1.29, 1.82) is 0 Å². The van der Waals surface area contributed by atoms with Crippen LogP contribution >= 0.6 is 11.6 Å². The molecule has 2 aromatic carbocycles. The number of nitrogens with one attached hydrogen (secondary N) is 2. The predicted molar refractivity (Wildman–Crippen MR) is 100 cm³/mol. The van der Waals surface area contributed by atoms with Crippen LogP contribution in [0.3, 0.4) is 0 Å². The molecule has 2 aromatic rings. The summed E-state index contributed by atoms with van der Waals surface area (Å²) in [4.78, 5) is 38.1. The molecule has 1 aliphatic heterocycles. The van der Waals surface area contributed by atoms with Crippen molar-refractivity contribution in [1.82, 2.24) is 5.32 Å². The molecule has 0 saturated carbocycles. The van der Waals surface area contributed by atoms with Crippen LogP contribution in [0.15, 0.2) is 48.5 Å². The molecule has 2 N–H and O–H groups in total. The van der Waals surface area contributed by atoms with Gasteiger partial charge < -0.3 is 15.5 Å². The van der Waals surface area contributed by atoms with Gasteiger partial charge >= 0.3 is 0 Å². The molecule has 3 rings (SSSR count).